The molecule has 2 aromatic rings. The van der Waals surface area contributed by atoms with Crippen LogP contribution in [0.25, 0.3) is 0 Å². The van der Waals surface area contributed by atoms with Gasteiger partial charge in [-0.1, -0.05) is 47.0 Å². The molecule has 2 rings (SSSR count). The Bertz CT molecular complexity index is 686. The van der Waals surface area contributed by atoms with Crippen LogP contribution in [0.1, 0.15) is 16.7 Å². The van der Waals surface area contributed by atoms with Crippen molar-refractivity contribution in [2.24, 2.45) is 0 Å². The number of benzene rings is 2. The SMILES string of the molecule is Cc1ccc(NC(=O)NCCc2ccc(Cl)c(Cl)c2)c(C)c1. The average Bonchev–Trinajstić information content (AvgIpc) is 2.46. The summed E-state index contributed by atoms with van der Waals surface area (Å²) in [5.74, 6) is 0. The van der Waals surface area contributed by atoms with Crippen molar-refractivity contribution in [3.05, 3.63) is 63.1 Å². The van der Waals surface area contributed by atoms with Crippen molar-refractivity contribution in [3.8, 4) is 0 Å². The zero-order chi connectivity index (χ0) is 16.1. The van der Waals surface area contributed by atoms with Crippen molar-refractivity contribution in [1.82, 2.24) is 5.32 Å². The minimum atomic E-state index is -0.216. The van der Waals surface area contributed by atoms with Crippen LogP contribution >= 0.6 is 23.2 Å². The third-order valence-corrected chi connectivity index (χ3v) is 4.05. The number of nitrogens with one attached hydrogen (secondary N) is 2. The molecular weight excluding hydrogens is 319 g/mol. The number of rotatable bonds is 4. The van der Waals surface area contributed by atoms with Crippen LogP contribution < -0.4 is 10.6 Å². The molecule has 0 saturated carbocycles. The fraction of sp³-hybridized carbons (Fsp3) is 0.235. The maximum atomic E-state index is 11.9. The molecule has 0 saturated heterocycles. The van der Waals surface area contributed by atoms with E-state index >= 15 is 0 Å². The normalized spacial score (nSPS) is 10.4. The summed E-state index contributed by atoms with van der Waals surface area (Å²) in [5.41, 5.74) is 4.06. The van der Waals surface area contributed by atoms with Gasteiger partial charge in [0.05, 0.1) is 10.0 Å². The lowest BCUT2D eigenvalue weighted by atomic mass is 10.1. The van der Waals surface area contributed by atoms with Gasteiger partial charge in [-0.15, -0.1) is 0 Å². The molecule has 5 heteroatoms. The quantitative estimate of drug-likeness (QED) is 0.812. The maximum absolute atomic E-state index is 11.9. The summed E-state index contributed by atoms with van der Waals surface area (Å²) >= 11 is 11.8. The predicted molar refractivity (Wildman–Crippen MR) is 93.1 cm³/mol. The Morgan fingerprint density at radius 3 is 2.50 bits per heavy atom. The molecule has 0 heterocycles. The van der Waals surface area contributed by atoms with Crippen LogP contribution in [0, 0.1) is 13.8 Å². The van der Waals surface area contributed by atoms with Gasteiger partial charge in [-0.2, -0.15) is 0 Å². The number of urea groups is 1. The second-order valence-electron chi connectivity index (χ2n) is 5.20. The van der Waals surface area contributed by atoms with Crippen LogP contribution in [0.15, 0.2) is 36.4 Å². The third-order valence-electron chi connectivity index (χ3n) is 3.31. The number of anilines is 1. The highest BCUT2D eigenvalue weighted by molar-refractivity contribution is 6.42. The van der Waals surface area contributed by atoms with Gasteiger partial charge in [-0.25, -0.2) is 4.79 Å². The highest BCUT2D eigenvalue weighted by atomic mass is 35.5. The van der Waals surface area contributed by atoms with Gasteiger partial charge in [0, 0.05) is 12.2 Å². The van der Waals surface area contributed by atoms with Gasteiger partial charge in [-0.05, 0) is 49.6 Å². The Kier molecular flexibility index (Phi) is 5.69. The highest BCUT2D eigenvalue weighted by Crippen LogP contribution is 2.22. The largest absolute Gasteiger partial charge is 0.338 e. The third kappa shape index (κ3) is 4.65. The van der Waals surface area contributed by atoms with Crippen molar-refractivity contribution in [1.29, 1.82) is 0 Å². The van der Waals surface area contributed by atoms with Crippen LogP contribution in [-0.4, -0.2) is 12.6 Å². The lowest BCUT2D eigenvalue weighted by Gasteiger charge is -2.10. The zero-order valence-electron chi connectivity index (χ0n) is 12.5. The van der Waals surface area contributed by atoms with Crippen molar-refractivity contribution < 1.29 is 4.79 Å². The first-order chi connectivity index (χ1) is 10.5. The fourth-order valence-electron chi connectivity index (χ4n) is 2.14. The van der Waals surface area contributed by atoms with Gasteiger partial charge < -0.3 is 10.6 Å². The molecular formula is C17H18Cl2N2O. The van der Waals surface area contributed by atoms with E-state index in [4.69, 9.17) is 23.2 Å². The van der Waals surface area contributed by atoms with Gasteiger partial charge in [0.2, 0.25) is 0 Å². The lowest BCUT2D eigenvalue weighted by molar-refractivity contribution is 0.252. The van der Waals surface area contributed by atoms with Crippen LogP contribution in [0.2, 0.25) is 10.0 Å². The standard InChI is InChI=1S/C17H18Cl2N2O/c1-11-3-6-16(12(2)9-11)21-17(22)20-8-7-13-4-5-14(18)15(19)10-13/h3-6,9-10H,7-8H2,1-2H3,(H2,20,21,22). The van der Waals surface area contributed by atoms with Crippen molar-refractivity contribution in [2.45, 2.75) is 20.3 Å². The first kappa shape index (κ1) is 16.7. The molecule has 0 atom stereocenters. The number of halogens is 2. The van der Waals surface area contributed by atoms with E-state index < -0.39 is 0 Å². The molecule has 2 aromatic carbocycles. The first-order valence-corrected chi connectivity index (χ1v) is 7.77. The van der Waals surface area contributed by atoms with Crippen molar-refractivity contribution in [3.63, 3.8) is 0 Å². The molecule has 3 nitrogen and oxygen atoms in total. The van der Waals surface area contributed by atoms with E-state index in [1.54, 1.807) is 6.07 Å². The minimum Gasteiger partial charge on any atom is -0.338 e. The van der Waals surface area contributed by atoms with E-state index in [0.29, 0.717) is 23.0 Å². The number of hydrogen-bond donors (Lipinski definition) is 2. The Labute approximate surface area is 140 Å². The van der Waals surface area contributed by atoms with Crippen LogP contribution in [0.4, 0.5) is 10.5 Å². The Morgan fingerprint density at radius 1 is 1.05 bits per heavy atom. The molecule has 0 aromatic heterocycles. The summed E-state index contributed by atoms with van der Waals surface area (Å²) in [6, 6.07) is 11.2. The molecule has 2 amide bonds. The molecule has 0 bridgehead atoms. The second-order valence-corrected chi connectivity index (χ2v) is 6.01. The smallest absolute Gasteiger partial charge is 0.319 e. The van der Waals surface area contributed by atoms with E-state index in [9.17, 15) is 4.79 Å². The summed E-state index contributed by atoms with van der Waals surface area (Å²) in [5, 5.41) is 6.74. The van der Waals surface area contributed by atoms with Crippen LogP contribution in [0.5, 0.6) is 0 Å². The van der Waals surface area contributed by atoms with Gasteiger partial charge >= 0.3 is 6.03 Å². The summed E-state index contributed by atoms with van der Waals surface area (Å²) in [6.07, 6.45) is 0.692. The first-order valence-electron chi connectivity index (χ1n) is 7.02. The van der Waals surface area contributed by atoms with Crippen molar-refractivity contribution in [2.75, 3.05) is 11.9 Å². The van der Waals surface area contributed by atoms with Crippen LogP contribution in [0.3, 0.4) is 0 Å². The Morgan fingerprint density at radius 2 is 1.82 bits per heavy atom. The van der Waals surface area contributed by atoms with Gasteiger partial charge in [0.25, 0.3) is 0 Å². The molecule has 0 fully saturated rings. The highest BCUT2D eigenvalue weighted by Gasteiger charge is 2.05. The molecule has 2 N–H and O–H groups in total. The molecule has 0 unspecified atom stereocenters. The molecule has 22 heavy (non-hydrogen) atoms. The van der Waals surface area contributed by atoms with E-state index in [1.165, 1.54) is 5.56 Å². The zero-order valence-corrected chi connectivity index (χ0v) is 14.1. The summed E-state index contributed by atoms with van der Waals surface area (Å²) in [7, 11) is 0. The summed E-state index contributed by atoms with van der Waals surface area (Å²) in [4.78, 5) is 11.9. The van der Waals surface area contributed by atoms with Crippen molar-refractivity contribution >= 4 is 34.9 Å². The number of carbonyl (C=O) groups excluding carboxylic acids is 1. The topological polar surface area (TPSA) is 41.1 Å². The predicted octanol–water partition coefficient (Wildman–Crippen LogP) is 4.97. The van der Waals surface area contributed by atoms with Gasteiger partial charge in [0.1, 0.15) is 0 Å². The monoisotopic (exact) mass is 336 g/mol. The van der Waals surface area contributed by atoms with E-state index in [2.05, 4.69) is 10.6 Å². The molecule has 0 spiro atoms. The second kappa shape index (κ2) is 7.52. The molecule has 0 aliphatic heterocycles. The average molecular weight is 337 g/mol. The molecule has 116 valence electrons. The minimum absolute atomic E-state index is 0.216. The van der Waals surface area contributed by atoms with Gasteiger partial charge in [-0.3, -0.25) is 0 Å². The Hall–Kier alpha value is -1.71. The fourth-order valence-corrected chi connectivity index (χ4v) is 2.46. The molecule has 0 aliphatic carbocycles. The number of carbonyl (C=O) groups is 1. The number of aryl methyl sites for hydroxylation is 2. The summed E-state index contributed by atoms with van der Waals surface area (Å²) < 4.78 is 0. The lowest BCUT2D eigenvalue weighted by Crippen LogP contribution is -2.30. The number of amides is 2. The Balaban J connectivity index is 1.83. The maximum Gasteiger partial charge on any atom is 0.319 e. The van der Waals surface area contributed by atoms with E-state index in [-0.39, 0.29) is 6.03 Å². The molecule has 0 radical (unpaired) electrons. The number of hydrogen-bond acceptors (Lipinski definition) is 1. The van der Waals surface area contributed by atoms with Crippen LogP contribution in [-0.2, 0) is 6.42 Å². The van der Waals surface area contributed by atoms with E-state index in [0.717, 1.165) is 16.8 Å². The summed E-state index contributed by atoms with van der Waals surface area (Å²) in [6.45, 7) is 4.52. The molecule has 0 aliphatic rings. The van der Waals surface area contributed by atoms with E-state index in [1.807, 2.05) is 44.2 Å². The van der Waals surface area contributed by atoms with Gasteiger partial charge in [0.15, 0.2) is 0 Å².